The Morgan fingerprint density at radius 1 is 1.04 bits per heavy atom. The van der Waals surface area contributed by atoms with Crippen molar-refractivity contribution in [3.63, 3.8) is 0 Å². The number of halogens is 1. The van der Waals surface area contributed by atoms with E-state index >= 15 is 0 Å². The molecule has 6 heteroatoms. The number of para-hydroxylation sites is 1. The molecule has 0 bridgehead atoms. The highest BCUT2D eigenvalue weighted by Gasteiger charge is 2.20. The van der Waals surface area contributed by atoms with Crippen molar-refractivity contribution < 1.29 is 14.6 Å². The second-order valence-corrected chi connectivity index (χ2v) is 7.24. The molecule has 1 fully saturated rings. The molecule has 2 aromatic rings. The first-order valence-electron chi connectivity index (χ1n) is 8.82. The molecule has 1 unspecified atom stereocenters. The fourth-order valence-electron chi connectivity index (χ4n) is 3.08. The Balaban J connectivity index is 1.42. The molecule has 1 aliphatic heterocycles. The van der Waals surface area contributed by atoms with Gasteiger partial charge >= 0.3 is 0 Å². The number of hydrogen-bond acceptors (Lipinski definition) is 5. The van der Waals surface area contributed by atoms with Crippen molar-refractivity contribution in [1.29, 1.82) is 0 Å². The third-order valence-electron chi connectivity index (χ3n) is 4.55. The zero-order valence-corrected chi connectivity index (χ0v) is 16.6. The van der Waals surface area contributed by atoms with Gasteiger partial charge in [0.15, 0.2) is 0 Å². The summed E-state index contributed by atoms with van der Waals surface area (Å²) in [5.74, 6) is 1.64. The number of aliphatic hydroxyl groups is 1. The van der Waals surface area contributed by atoms with Gasteiger partial charge in [-0.1, -0.05) is 12.1 Å². The fraction of sp³-hybridized carbons (Fsp3) is 0.400. The average Bonchev–Trinajstić information content (AvgIpc) is 2.68. The lowest BCUT2D eigenvalue weighted by Gasteiger charge is -2.36. The predicted molar refractivity (Wildman–Crippen MR) is 107 cm³/mol. The molecule has 1 atom stereocenters. The topological polar surface area (TPSA) is 45.2 Å². The highest BCUT2D eigenvalue weighted by Crippen LogP contribution is 2.24. The maximum atomic E-state index is 10.3. The first-order chi connectivity index (χ1) is 12.7. The monoisotopic (exact) mass is 420 g/mol. The van der Waals surface area contributed by atoms with Crippen LogP contribution in [0, 0.1) is 0 Å². The van der Waals surface area contributed by atoms with Crippen LogP contribution in [0.3, 0.4) is 0 Å². The van der Waals surface area contributed by atoms with Gasteiger partial charge in [0, 0.05) is 38.4 Å². The zero-order valence-electron chi connectivity index (χ0n) is 15.0. The van der Waals surface area contributed by atoms with Crippen molar-refractivity contribution in [2.75, 3.05) is 51.3 Å². The van der Waals surface area contributed by atoms with Crippen molar-refractivity contribution in [2.24, 2.45) is 0 Å². The molecule has 0 radical (unpaired) electrons. The summed E-state index contributed by atoms with van der Waals surface area (Å²) in [5, 5.41) is 10.3. The number of nitrogens with zero attached hydrogens (tertiary/aromatic N) is 2. The number of benzene rings is 2. The molecular weight excluding hydrogens is 396 g/mol. The number of hydrogen-bond donors (Lipinski definition) is 1. The lowest BCUT2D eigenvalue weighted by atomic mass is 10.2. The molecule has 0 spiro atoms. The standard InChI is InChI=1S/C20H25BrN2O3/c1-25-18-8-6-16(7-9-18)23-12-10-22(11-13-23)14-17(24)15-26-20-5-3-2-4-19(20)21/h2-9,17,24H,10-15H2,1H3. The van der Waals surface area contributed by atoms with Crippen LogP contribution in [0.25, 0.3) is 0 Å². The van der Waals surface area contributed by atoms with E-state index in [9.17, 15) is 5.11 Å². The van der Waals surface area contributed by atoms with Crippen molar-refractivity contribution >= 4 is 21.6 Å². The summed E-state index contributed by atoms with van der Waals surface area (Å²) in [5.41, 5.74) is 1.21. The number of anilines is 1. The molecule has 0 aliphatic carbocycles. The minimum absolute atomic E-state index is 0.293. The molecule has 1 heterocycles. The molecule has 3 rings (SSSR count). The van der Waals surface area contributed by atoms with Crippen molar-refractivity contribution in [3.05, 3.63) is 53.0 Å². The van der Waals surface area contributed by atoms with Crippen molar-refractivity contribution in [3.8, 4) is 11.5 Å². The number of rotatable bonds is 7. The van der Waals surface area contributed by atoms with Crippen LogP contribution in [-0.2, 0) is 0 Å². The van der Waals surface area contributed by atoms with Crippen LogP contribution in [-0.4, -0.2) is 62.6 Å². The van der Waals surface area contributed by atoms with E-state index in [1.165, 1.54) is 5.69 Å². The Morgan fingerprint density at radius 3 is 2.38 bits per heavy atom. The molecule has 0 amide bonds. The van der Waals surface area contributed by atoms with Gasteiger partial charge in [0.1, 0.15) is 24.2 Å². The van der Waals surface area contributed by atoms with Crippen molar-refractivity contribution in [2.45, 2.75) is 6.10 Å². The maximum Gasteiger partial charge on any atom is 0.133 e. The molecule has 1 aliphatic rings. The molecule has 5 nitrogen and oxygen atoms in total. The highest BCUT2D eigenvalue weighted by molar-refractivity contribution is 9.10. The Labute approximate surface area is 163 Å². The molecule has 140 valence electrons. The summed E-state index contributed by atoms with van der Waals surface area (Å²) >= 11 is 3.45. The Bertz CT molecular complexity index is 688. The second-order valence-electron chi connectivity index (χ2n) is 6.38. The first kappa shape index (κ1) is 19.0. The Kier molecular flexibility index (Phi) is 6.77. The number of methoxy groups -OCH3 is 1. The van der Waals surface area contributed by atoms with Crippen molar-refractivity contribution in [1.82, 2.24) is 4.90 Å². The second kappa shape index (κ2) is 9.26. The number of ether oxygens (including phenoxy) is 2. The lowest BCUT2D eigenvalue weighted by molar-refractivity contribution is 0.0660. The predicted octanol–water partition coefficient (Wildman–Crippen LogP) is 3.02. The van der Waals surface area contributed by atoms with E-state index < -0.39 is 6.10 Å². The third-order valence-corrected chi connectivity index (χ3v) is 5.20. The Hall–Kier alpha value is -1.76. The third kappa shape index (κ3) is 5.13. The average molecular weight is 421 g/mol. The summed E-state index contributed by atoms with van der Waals surface area (Å²) < 4.78 is 11.8. The number of piperazine rings is 1. The molecule has 1 N–H and O–H groups in total. The summed E-state index contributed by atoms with van der Waals surface area (Å²) in [6.07, 6.45) is -0.505. The minimum Gasteiger partial charge on any atom is -0.497 e. The van der Waals surface area contributed by atoms with Crippen LogP contribution in [0.15, 0.2) is 53.0 Å². The van der Waals surface area contributed by atoms with Crippen LogP contribution in [0.1, 0.15) is 0 Å². The molecule has 2 aromatic carbocycles. The summed E-state index contributed by atoms with van der Waals surface area (Å²) in [6.45, 7) is 4.67. The summed E-state index contributed by atoms with van der Waals surface area (Å²) in [4.78, 5) is 4.65. The van der Waals surface area contributed by atoms with Gasteiger partial charge in [-0.25, -0.2) is 0 Å². The van der Waals surface area contributed by atoms with Gasteiger partial charge in [-0.3, -0.25) is 4.90 Å². The van der Waals surface area contributed by atoms with E-state index in [1.807, 2.05) is 36.4 Å². The van der Waals surface area contributed by atoms with Crippen LogP contribution in [0.4, 0.5) is 5.69 Å². The van der Waals surface area contributed by atoms with Crippen LogP contribution >= 0.6 is 15.9 Å². The van der Waals surface area contributed by atoms with Crippen LogP contribution < -0.4 is 14.4 Å². The van der Waals surface area contributed by atoms with E-state index in [4.69, 9.17) is 9.47 Å². The minimum atomic E-state index is -0.505. The molecule has 26 heavy (non-hydrogen) atoms. The van der Waals surface area contributed by atoms with Gasteiger partial charge in [-0.05, 0) is 52.3 Å². The van der Waals surface area contributed by atoms with E-state index in [1.54, 1.807) is 7.11 Å². The van der Waals surface area contributed by atoms with Gasteiger partial charge < -0.3 is 19.5 Å². The molecule has 0 aromatic heterocycles. The Morgan fingerprint density at radius 2 is 1.73 bits per heavy atom. The quantitative estimate of drug-likeness (QED) is 0.745. The van der Waals surface area contributed by atoms with E-state index in [-0.39, 0.29) is 0 Å². The molecule has 0 saturated carbocycles. The first-order valence-corrected chi connectivity index (χ1v) is 9.62. The van der Waals surface area contributed by atoms with E-state index in [0.717, 1.165) is 42.2 Å². The van der Waals surface area contributed by atoms with Gasteiger partial charge in [-0.15, -0.1) is 0 Å². The van der Waals surface area contributed by atoms with E-state index in [2.05, 4.69) is 37.9 Å². The maximum absolute atomic E-state index is 10.3. The summed E-state index contributed by atoms with van der Waals surface area (Å²) in [7, 11) is 1.68. The van der Waals surface area contributed by atoms with Crippen LogP contribution in [0.2, 0.25) is 0 Å². The van der Waals surface area contributed by atoms with Gasteiger partial charge in [0.2, 0.25) is 0 Å². The molecular formula is C20H25BrN2O3. The summed E-state index contributed by atoms with van der Waals surface area (Å²) in [6, 6.07) is 15.9. The normalized spacial score (nSPS) is 16.3. The van der Waals surface area contributed by atoms with Gasteiger partial charge in [-0.2, -0.15) is 0 Å². The van der Waals surface area contributed by atoms with Gasteiger partial charge in [0.25, 0.3) is 0 Å². The zero-order chi connectivity index (χ0) is 18.4. The molecule has 1 saturated heterocycles. The van der Waals surface area contributed by atoms with Crippen LogP contribution in [0.5, 0.6) is 11.5 Å². The highest BCUT2D eigenvalue weighted by atomic mass is 79.9. The SMILES string of the molecule is COc1ccc(N2CCN(CC(O)COc3ccccc3Br)CC2)cc1. The number of β-amino-alcohol motifs (C(OH)–C–C–N with tert-alkyl or cyclic N) is 1. The number of aliphatic hydroxyl groups excluding tert-OH is 1. The van der Waals surface area contributed by atoms with E-state index in [0.29, 0.717) is 13.2 Å². The smallest absolute Gasteiger partial charge is 0.133 e. The fourth-order valence-corrected chi connectivity index (χ4v) is 3.48. The largest absolute Gasteiger partial charge is 0.497 e. The lowest BCUT2D eigenvalue weighted by Crippen LogP contribution is -2.49. The van der Waals surface area contributed by atoms with Gasteiger partial charge in [0.05, 0.1) is 11.6 Å².